The van der Waals surface area contributed by atoms with Crippen molar-refractivity contribution >= 4 is 11.6 Å². The molecule has 1 aromatic carbocycles. The van der Waals surface area contributed by atoms with Crippen molar-refractivity contribution in [3.8, 4) is 11.3 Å². The van der Waals surface area contributed by atoms with Crippen LogP contribution in [0.2, 0.25) is 5.02 Å². The quantitative estimate of drug-likeness (QED) is 0.756. The Morgan fingerprint density at radius 1 is 1.20 bits per heavy atom. The van der Waals surface area contributed by atoms with Gasteiger partial charge in [0.2, 0.25) is 0 Å². The molecule has 0 aliphatic heterocycles. The van der Waals surface area contributed by atoms with E-state index in [0.29, 0.717) is 5.92 Å². The first-order valence-corrected chi connectivity index (χ1v) is 7.02. The number of hydrogen-bond donors (Lipinski definition) is 2. The Balaban J connectivity index is 1.88. The van der Waals surface area contributed by atoms with Crippen LogP contribution in [0.4, 0.5) is 0 Å². The van der Waals surface area contributed by atoms with Crippen LogP contribution in [0.25, 0.3) is 11.3 Å². The normalized spacial score (nSPS) is 17.4. The minimum atomic E-state index is 0.332. The van der Waals surface area contributed by atoms with Gasteiger partial charge in [0, 0.05) is 30.1 Å². The fraction of sp³-hybridized carbons (Fsp3) is 0.200. The van der Waals surface area contributed by atoms with E-state index in [0.717, 1.165) is 34.9 Å². The smallest absolute Gasteiger partial charge is 0.113 e. The number of H-pyrrole nitrogens is 2. The second kappa shape index (κ2) is 4.49. The zero-order valence-electron chi connectivity index (χ0n) is 10.7. The molecule has 100 valence electrons. The number of fused-ring (bicyclic) bond motifs is 1. The van der Waals surface area contributed by atoms with Crippen molar-refractivity contribution < 1.29 is 0 Å². The Hall–Kier alpha value is -2.07. The number of rotatable bonds is 2. The van der Waals surface area contributed by atoms with Gasteiger partial charge in [-0.3, -0.25) is 5.10 Å². The van der Waals surface area contributed by atoms with Crippen molar-refractivity contribution in [3.63, 3.8) is 0 Å². The number of nitrogens with one attached hydrogen (secondary N) is 2. The number of nitrogens with zero attached hydrogens (tertiary/aromatic N) is 2. The van der Waals surface area contributed by atoms with Gasteiger partial charge in [-0.25, -0.2) is 4.98 Å². The van der Waals surface area contributed by atoms with E-state index in [9.17, 15) is 0 Å². The maximum atomic E-state index is 6.40. The average Bonchev–Trinajstić information content (AvgIpc) is 3.19. The van der Waals surface area contributed by atoms with Crippen LogP contribution in [0.1, 0.15) is 29.3 Å². The molecule has 2 N–H and O–H groups in total. The summed E-state index contributed by atoms with van der Waals surface area (Å²) in [5, 5.41) is 7.82. The molecule has 1 unspecified atom stereocenters. The third-order valence-corrected chi connectivity index (χ3v) is 4.29. The molecule has 0 amide bonds. The lowest BCUT2D eigenvalue weighted by Crippen LogP contribution is -1.99. The summed E-state index contributed by atoms with van der Waals surface area (Å²) in [4.78, 5) is 7.63. The van der Waals surface area contributed by atoms with Gasteiger partial charge in [0.1, 0.15) is 5.82 Å². The lowest BCUT2D eigenvalue weighted by atomic mass is 9.96. The highest BCUT2D eigenvalue weighted by Gasteiger charge is 2.29. The first-order valence-electron chi connectivity index (χ1n) is 6.65. The van der Waals surface area contributed by atoms with Crippen molar-refractivity contribution in [2.75, 3.05) is 0 Å². The molecule has 1 atom stereocenters. The lowest BCUT2D eigenvalue weighted by molar-refractivity contribution is 0.741. The molecule has 0 bridgehead atoms. The van der Waals surface area contributed by atoms with Crippen LogP contribution < -0.4 is 0 Å². The van der Waals surface area contributed by atoms with Crippen LogP contribution in [0.3, 0.4) is 0 Å². The van der Waals surface area contributed by atoms with Crippen LogP contribution in [-0.4, -0.2) is 20.2 Å². The Bertz CT molecular complexity index is 732. The van der Waals surface area contributed by atoms with Crippen molar-refractivity contribution in [1.82, 2.24) is 20.2 Å². The summed E-state index contributed by atoms with van der Waals surface area (Å²) in [6.07, 6.45) is 7.50. The summed E-state index contributed by atoms with van der Waals surface area (Å²) in [5.41, 5.74) is 4.68. The highest BCUT2D eigenvalue weighted by Crippen LogP contribution is 2.43. The first kappa shape index (κ1) is 11.7. The standard InChI is InChI=1S/C15H13ClN4/c16-12-4-3-9-10(14(12)13-5-6-19-20-13)1-2-11(9)15-17-7-8-18-15/h3-8,11H,1-2H2,(H,17,18)(H,19,20). The van der Waals surface area contributed by atoms with E-state index in [1.807, 2.05) is 18.3 Å². The highest BCUT2D eigenvalue weighted by molar-refractivity contribution is 6.33. The van der Waals surface area contributed by atoms with Gasteiger partial charge in [-0.2, -0.15) is 5.10 Å². The summed E-state index contributed by atoms with van der Waals surface area (Å²) in [7, 11) is 0. The maximum Gasteiger partial charge on any atom is 0.113 e. The highest BCUT2D eigenvalue weighted by atomic mass is 35.5. The van der Waals surface area contributed by atoms with E-state index in [1.165, 1.54) is 11.1 Å². The zero-order chi connectivity index (χ0) is 13.5. The number of aromatic amines is 2. The van der Waals surface area contributed by atoms with Crippen LogP contribution in [-0.2, 0) is 6.42 Å². The molecular formula is C15H13ClN4. The summed E-state index contributed by atoms with van der Waals surface area (Å²) < 4.78 is 0. The Morgan fingerprint density at radius 2 is 2.15 bits per heavy atom. The van der Waals surface area contributed by atoms with Crippen molar-refractivity contribution in [2.45, 2.75) is 18.8 Å². The largest absolute Gasteiger partial charge is 0.348 e. The number of halogens is 1. The van der Waals surface area contributed by atoms with Gasteiger partial charge in [0.05, 0.1) is 10.7 Å². The van der Waals surface area contributed by atoms with E-state index in [1.54, 1.807) is 12.4 Å². The average molecular weight is 285 g/mol. The number of hydrogen-bond acceptors (Lipinski definition) is 2. The molecule has 1 aliphatic carbocycles. The van der Waals surface area contributed by atoms with Gasteiger partial charge in [-0.1, -0.05) is 17.7 Å². The molecule has 2 heterocycles. The fourth-order valence-electron chi connectivity index (χ4n) is 3.11. The topological polar surface area (TPSA) is 57.4 Å². The number of benzene rings is 1. The molecule has 0 radical (unpaired) electrons. The minimum absolute atomic E-state index is 0.332. The summed E-state index contributed by atoms with van der Waals surface area (Å²) in [6, 6.07) is 6.05. The van der Waals surface area contributed by atoms with E-state index < -0.39 is 0 Å². The molecule has 4 rings (SSSR count). The van der Waals surface area contributed by atoms with E-state index in [4.69, 9.17) is 11.6 Å². The van der Waals surface area contributed by atoms with E-state index >= 15 is 0 Å². The molecule has 20 heavy (non-hydrogen) atoms. The van der Waals surface area contributed by atoms with Crippen LogP contribution in [0, 0.1) is 0 Å². The number of aromatic nitrogens is 4. The van der Waals surface area contributed by atoms with Crippen molar-refractivity contribution in [2.24, 2.45) is 0 Å². The second-order valence-corrected chi connectivity index (χ2v) is 5.43. The molecule has 0 saturated heterocycles. The third kappa shape index (κ3) is 1.68. The maximum absolute atomic E-state index is 6.40. The van der Waals surface area contributed by atoms with Gasteiger partial charge in [-0.15, -0.1) is 0 Å². The monoisotopic (exact) mass is 284 g/mol. The second-order valence-electron chi connectivity index (χ2n) is 5.03. The molecule has 0 fully saturated rings. The Labute approximate surface area is 121 Å². The first-order chi connectivity index (χ1) is 9.84. The van der Waals surface area contributed by atoms with Gasteiger partial charge in [0.15, 0.2) is 0 Å². The molecular weight excluding hydrogens is 272 g/mol. The minimum Gasteiger partial charge on any atom is -0.348 e. The van der Waals surface area contributed by atoms with Crippen LogP contribution >= 0.6 is 11.6 Å². The van der Waals surface area contributed by atoms with Gasteiger partial charge in [0.25, 0.3) is 0 Å². The van der Waals surface area contributed by atoms with Gasteiger partial charge >= 0.3 is 0 Å². The predicted octanol–water partition coefficient (Wildman–Crippen LogP) is 3.53. The van der Waals surface area contributed by atoms with Crippen LogP contribution in [0.5, 0.6) is 0 Å². The van der Waals surface area contributed by atoms with Gasteiger partial charge < -0.3 is 4.98 Å². The van der Waals surface area contributed by atoms with Gasteiger partial charge in [-0.05, 0) is 36.1 Å². The lowest BCUT2D eigenvalue weighted by Gasteiger charge is -2.12. The zero-order valence-corrected chi connectivity index (χ0v) is 11.5. The van der Waals surface area contributed by atoms with Crippen molar-refractivity contribution in [3.05, 3.63) is 58.8 Å². The third-order valence-electron chi connectivity index (χ3n) is 3.98. The molecule has 5 heteroatoms. The Morgan fingerprint density at radius 3 is 2.90 bits per heavy atom. The van der Waals surface area contributed by atoms with Crippen molar-refractivity contribution in [1.29, 1.82) is 0 Å². The molecule has 0 saturated carbocycles. The van der Waals surface area contributed by atoms with E-state index in [2.05, 4.69) is 26.2 Å². The molecule has 2 aromatic heterocycles. The predicted molar refractivity (Wildman–Crippen MR) is 77.8 cm³/mol. The SMILES string of the molecule is Clc1ccc2c(c1-c1ccn[nH]1)CCC2c1ncc[nH]1. The van der Waals surface area contributed by atoms with Crippen LogP contribution in [0.15, 0.2) is 36.8 Å². The van der Waals surface area contributed by atoms with E-state index in [-0.39, 0.29) is 0 Å². The Kier molecular flexibility index (Phi) is 2.63. The molecule has 0 spiro atoms. The summed E-state index contributed by atoms with van der Waals surface area (Å²) >= 11 is 6.40. The summed E-state index contributed by atoms with van der Waals surface area (Å²) in [6.45, 7) is 0. The molecule has 4 nitrogen and oxygen atoms in total. The number of imidazole rings is 1. The molecule has 3 aromatic rings. The summed E-state index contributed by atoms with van der Waals surface area (Å²) in [5.74, 6) is 1.36. The fourth-order valence-corrected chi connectivity index (χ4v) is 3.39. The molecule has 1 aliphatic rings.